The van der Waals surface area contributed by atoms with Crippen LogP contribution in [-0.2, 0) is 11.3 Å². The fourth-order valence-corrected chi connectivity index (χ4v) is 5.11. The first-order chi connectivity index (χ1) is 14.0. The van der Waals surface area contributed by atoms with Crippen LogP contribution in [0.1, 0.15) is 51.3 Å². The molecular formula is C22H29ClN4O2. The number of hydrogen-bond donors (Lipinski definition) is 1. The van der Waals surface area contributed by atoms with Crippen molar-refractivity contribution in [3.05, 3.63) is 39.4 Å². The smallest absolute Gasteiger partial charge is 0.258 e. The molecule has 1 saturated carbocycles. The van der Waals surface area contributed by atoms with Crippen LogP contribution >= 0.6 is 11.6 Å². The summed E-state index contributed by atoms with van der Waals surface area (Å²) in [6, 6.07) is 5.50. The number of likely N-dealkylation sites (tertiary alicyclic amines) is 1. The van der Waals surface area contributed by atoms with Crippen molar-refractivity contribution in [2.45, 2.75) is 58.0 Å². The summed E-state index contributed by atoms with van der Waals surface area (Å²) in [5.74, 6) is 1.45. The summed E-state index contributed by atoms with van der Waals surface area (Å²) >= 11 is 6.05. The third-order valence-electron chi connectivity index (χ3n) is 6.46. The van der Waals surface area contributed by atoms with Gasteiger partial charge in [-0.25, -0.2) is 4.98 Å². The van der Waals surface area contributed by atoms with Crippen LogP contribution in [0.15, 0.2) is 23.0 Å². The molecule has 156 valence electrons. The van der Waals surface area contributed by atoms with Gasteiger partial charge in [-0.05, 0) is 56.3 Å². The van der Waals surface area contributed by atoms with Crippen LogP contribution in [0.3, 0.4) is 0 Å². The number of aromatic amines is 1. The minimum atomic E-state index is -0.176. The number of piperidine rings is 1. The van der Waals surface area contributed by atoms with E-state index in [1.807, 2.05) is 11.8 Å². The molecular weight excluding hydrogens is 388 g/mol. The highest BCUT2D eigenvalue weighted by atomic mass is 35.5. The van der Waals surface area contributed by atoms with Gasteiger partial charge in [-0.15, -0.1) is 0 Å². The van der Waals surface area contributed by atoms with E-state index in [0.717, 1.165) is 19.4 Å². The van der Waals surface area contributed by atoms with Crippen molar-refractivity contribution in [3.63, 3.8) is 0 Å². The van der Waals surface area contributed by atoms with Gasteiger partial charge in [0.05, 0.1) is 24.0 Å². The highest BCUT2D eigenvalue weighted by Crippen LogP contribution is 2.35. The molecule has 0 spiro atoms. The Morgan fingerprint density at radius 1 is 1.28 bits per heavy atom. The number of hydrogen-bond acceptors (Lipinski definition) is 4. The lowest BCUT2D eigenvalue weighted by molar-refractivity contribution is -0.138. The topological polar surface area (TPSA) is 69.3 Å². The van der Waals surface area contributed by atoms with Crippen molar-refractivity contribution in [1.29, 1.82) is 0 Å². The van der Waals surface area contributed by atoms with E-state index in [9.17, 15) is 9.59 Å². The third kappa shape index (κ3) is 4.48. The first-order valence-corrected chi connectivity index (χ1v) is 11.1. The maximum absolute atomic E-state index is 13.1. The Bertz CT molecular complexity index is 942. The van der Waals surface area contributed by atoms with Gasteiger partial charge in [-0.1, -0.05) is 31.4 Å². The van der Waals surface area contributed by atoms with E-state index >= 15 is 0 Å². The van der Waals surface area contributed by atoms with Crippen LogP contribution in [0.2, 0.25) is 5.02 Å². The van der Waals surface area contributed by atoms with Crippen molar-refractivity contribution in [2.24, 2.45) is 5.92 Å². The summed E-state index contributed by atoms with van der Waals surface area (Å²) in [4.78, 5) is 37.1. The van der Waals surface area contributed by atoms with Crippen LogP contribution < -0.4 is 5.56 Å². The molecule has 1 N–H and O–H groups in total. The molecule has 1 amide bonds. The van der Waals surface area contributed by atoms with Gasteiger partial charge >= 0.3 is 0 Å². The van der Waals surface area contributed by atoms with Crippen molar-refractivity contribution >= 4 is 28.4 Å². The quantitative estimate of drug-likeness (QED) is 0.808. The molecule has 2 heterocycles. The highest BCUT2D eigenvalue weighted by molar-refractivity contribution is 6.31. The van der Waals surface area contributed by atoms with Crippen molar-refractivity contribution in [1.82, 2.24) is 19.8 Å². The molecule has 2 atom stereocenters. The minimum absolute atomic E-state index is 0.176. The Kier molecular flexibility index (Phi) is 6.20. The number of rotatable bonds is 5. The average molecular weight is 417 g/mol. The van der Waals surface area contributed by atoms with E-state index in [1.165, 1.54) is 25.7 Å². The molecule has 2 aromatic rings. The number of H-pyrrole nitrogens is 1. The molecule has 6 nitrogen and oxygen atoms in total. The van der Waals surface area contributed by atoms with Gasteiger partial charge in [-0.3, -0.25) is 14.5 Å². The predicted octanol–water partition coefficient (Wildman–Crippen LogP) is 3.58. The zero-order valence-electron chi connectivity index (χ0n) is 17.0. The van der Waals surface area contributed by atoms with E-state index in [4.69, 9.17) is 11.6 Å². The average Bonchev–Trinajstić information content (AvgIpc) is 2.72. The normalized spacial score (nSPS) is 22.1. The van der Waals surface area contributed by atoms with Crippen molar-refractivity contribution in [3.8, 4) is 0 Å². The molecule has 2 unspecified atom stereocenters. The Balaban J connectivity index is 1.47. The number of carbonyl (C=O) groups excluding carboxylic acids is 1. The summed E-state index contributed by atoms with van der Waals surface area (Å²) < 4.78 is 0. The second-order valence-corrected chi connectivity index (χ2v) is 8.76. The molecule has 2 aliphatic rings. The Hall–Kier alpha value is -1.92. The lowest BCUT2D eigenvalue weighted by Gasteiger charge is -2.44. The number of nitrogens with zero attached hydrogens (tertiary/aromatic N) is 3. The van der Waals surface area contributed by atoms with Crippen molar-refractivity contribution in [2.75, 3.05) is 19.6 Å². The molecule has 1 saturated heterocycles. The van der Waals surface area contributed by atoms with E-state index in [-0.39, 0.29) is 11.5 Å². The maximum Gasteiger partial charge on any atom is 0.258 e. The van der Waals surface area contributed by atoms with Gasteiger partial charge < -0.3 is 9.88 Å². The van der Waals surface area contributed by atoms with Crippen LogP contribution in [0, 0.1) is 5.92 Å². The number of amides is 1. The molecule has 29 heavy (non-hydrogen) atoms. The number of carbonyl (C=O) groups is 1. The Morgan fingerprint density at radius 3 is 2.90 bits per heavy atom. The number of aromatic nitrogens is 2. The zero-order chi connectivity index (χ0) is 20.4. The van der Waals surface area contributed by atoms with Gasteiger partial charge in [0.15, 0.2) is 0 Å². The lowest BCUT2D eigenvalue weighted by atomic mass is 9.78. The molecule has 1 aromatic heterocycles. The van der Waals surface area contributed by atoms with Gasteiger partial charge in [0.25, 0.3) is 5.56 Å². The Labute approximate surface area is 176 Å². The van der Waals surface area contributed by atoms with E-state index in [1.54, 1.807) is 18.2 Å². The summed E-state index contributed by atoms with van der Waals surface area (Å²) in [5, 5.41) is 1.07. The van der Waals surface area contributed by atoms with Gasteiger partial charge in [0.1, 0.15) is 5.82 Å². The number of benzene rings is 1. The summed E-state index contributed by atoms with van der Waals surface area (Å²) in [5.41, 5.74) is 0.407. The summed E-state index contributed by atoms with van der Waals surface area (Å²) in [6.07, 6.45) is 7.30. The molecule has 1 aliphatic carbocycles. The molecule has 4 rings (SSSR count). The SMILES string of the molecule is CCN(CC(=O)N1CCCC2CCCCC21)Cc1nc2cc(Cl)ccc2c(=O)[nH]1. The standard InChI is InChI=1S/C22H29ClN4O2/c1-2-26(13-20-24-18-12-16(23)9-10-17(18)22(29)25-20)14-21(28)27-11-5-7-15-6-3-4-8-19(15)27/h9-10,12,15,19H,2-8,11,13-14H2,1H3,(H,24,25,29). The fourth-order valence-electron chi connectivity index (χ4n) is 4.94. The molecule has 0 radical (unpaired) electrons. The predicted molar refractivity (Wildman–Crippen MR) is 115 cm³/mol. The zero-order valence-corrected chi connectivity index (χ0v) is 17.7. The third-order valence-corrected chi connectivity index (χ3v) is 6.70. The van der Waals surface area contributed by atoms with Gasteiger partial charge in [0.2, 0.25) is 5.91 Å². The molecule has 1 aliphatic heterocycles. The number of halogens is 1. The van der Waals surface area contributed by atoms with E-state index in [2.05, 4.69) is 14.9 Å². The van der Waals surface area contributed by atoms with Gasteiger partial charge in [0, 0.05) is 17.6 Å². The second-order valence-electron chi connectivity index (χ2n) is 8.32. The molecule has 1 aromatic carbocycles. The maximum atomic E-state index is 13.1. The van der Waals surface area contributed by atoms with Crippen LogP contribution in [0.4, 0.5) is 0 Å². The van der Waals surface area contributed by atoms with Gasteiger partial charge in [-0.2, -0.15) is 0 Å². The largest absolute Gasteiger partial charge is 0.338 e. The first-order valence-electron chi connectivity index (χ1n) is 10.8. The Morgan fingerprint density at radius 2 is 2.07 bits per heavy atom. The molecule has 2 fully saturated rings. The van der Waals surface area contributed by atoms with Crippen molar-refractivity contribution < 1.29 is 4.79 Å². The van der Waals surface area contributed by atoms with E-state index in [0.29, 0.717) is 53.3 Å². The fraction of sp³-hybridized carbons (Fsp3) is 0.591. The number of fused-ring (bicyclic) bond motifs is 2. The number of likely N-dealkylation sites (N-methyl/N-ethyl adjacent to an activating group) is 1. The summed E-state index contributed by atoms with van der Waals surface area (Å²) in [7, 11) is 0. The number of nitrogens with one attached hydrogen (secondary N) is 1. The first kappa shape index (κ1) is 20.4. The summed E-state index contributed by atoms with van der Waals surface area (Å²) in [6.45, 7) is 4.41. The monoisotopic (exact) mass is 416 g/mol. The van der Waals surface area contributed by atoms with Crippen LogP contribution in [0.5, 0.6) is 0 Å². The van der Waals surface area contributed by atoms with E-state index < -0.39 is 0 Å². The minimum Gasteiger partial charge on any atom is -0.338 e. The van der Waals surface area contributed by atoms with Crippen LogP contribution in [-0.4, -0.2) is 51.4 Å². The second kappa shape index (κ2) is 8.84. The highest BCUT2D eigenvalue weighted by Gasteiger charge is 2.35. The van der Waals surface area contributed by atoms with Crippen LogP contribution in [0.25, 0.3) is 10.9 Å². The molecule has 0 bridgehead atoms. The lowest BCUT2D eigenvalue weighted by Crippen LogP contribution is -2.52. The molecule has 7 heteroatoms.